The van der Waals surface area contributed by atoms with Crippen molar-refractivity contribution in [3.63, 3.8) is 0 Å². The van der Waals surface area contributed by atoms with E-state index in [9.17, 15) is 28.2 Å². The molecule has 1 aromatic carbocycles. The Bertz CT molecular complexity index is 1460. The molecular weight excluding hydrogens is 586 g/mol. The summed E-state index contributed by atoms with van der Waals surface area (Å²) < 4.78 is 62.7. The van der Waals surface area contributed by atoms with Crippen LogP contribution in [0.5, 0.6) is 0 Å². The van der Waals surface area contributed by atoms with Crippen molar-refractivity contribution in [2.24, 2.45) is 0 Å². The van der Waals surface area contributed by atoms with Crippen LogP contribution in [0.3, 0.4) is 0 Å². The highest BCUT2D eigenvalue weighted by Crippen LogP contribution is 2.51. The molecule has 2 bridgehead atoms. The lowest BCUT2D eigenvalue weighted by atomic mass is 9.93. The number of hydrogen-bond acceptors (Lipinski definition) is 10. The summed E-state index contributed by atoms with van der Waals surface area (Å²) in [6.45, 7) is 3.78. The first-order valence-electron chi connectivity index (χ1n) is 13.3. The van der Waals surface area contributed by atoms with Gasteiger partial charge < -0.3 is 25.4 Å². The Hall–Kier alpha value is -2.46. The standard InChI is InChI=1S/C26H29F4N5O4S2/c1-25(2,38)10-35-11-6-7-16(35)18(27)14(8-11)31-13-5-3-4-12-19(13)40-21(20(12)41-26(28,29)30)22-33-24(39-34-22)15-9-17(36)23(37)32-15/h3-5,11,14-18,31,36,38H,6-10H2,1-2H3,(H,32,37)/t11-,14-,15-,16+,17+,18-/m1/s1. The zero-order valence-corrected chi connectivity index (χ0v) is 23.7. The van der Waals surface area contributed by atoms with E-state index in [4.69, 9.17) is 4.52 Å². The maximum absolute atomic E-state index is 15.8. The van der Waals surface area contributed by atoms with Crippen molar-refractivity contribution in [1.82, 2.24) is 20.4 Å². The van der Waals surface area contributed by atoms with Crippen molar-refractivity contribution in [3.8, 4) is 10.7 Å². The molecule has 0 unspecified atom stereocenters. The van der Waals surface area contributed by atoms with Gasteiger partial charge in [0.15, 0.2) is 0 Å². The molecule has 2 aromatic heterocycles. The van der Waals surface area contributed by atoms with E-state index >= 15 is 4.39 Å². The Morgan fingerprint density at radius 3 is 2.73 bits per heavy atom. The third-order valence-corrected chi connectivity index (χ3v) is 10.0. The number of thioether (sulfide) groups is 1. The molecule has 222 valence electrons. The van der Waals surface area contributed by atoms with Gasteiger partial charge in [0, 0.05) is 35.3 Å². The van der Waals surface area contributed by atoms with E-state index < -0.39 is 41.4 Å². The van der Waals surface area contributed by atoms with Gasteiger partial charge >= 0.3 is 5.51 Å². The van der Waals surface area contributed by atoms with Crippen LogP contribution >= 0.6 is 23.1 Å². The number of aliphatic hydroxyl groups is 2. The van der Waals surface area contributed by atoms with E-state index in [1.54, 1.807) is 32.0 Å². The number of thiophene rings is 1. The van der Waals surface area contributed by atoms with Crippen molar-refractivity contribution in [3.05, 3.63) is 24.1 Å². The van der Waals surface area contributed by atoms with Gasteiger partial charge in [0.05, 0.1) is 26.9 Å². The quantitative estimate of drug-likeness (QED) is 0.223. The van der Waals surface area contributed by atoms with Gasteiger partial charge in [-0.3, -0.25) is 9.69 Å². The Kier molecular flexibility index (Phi) is 7.24. The molecule has 0 spiro atoms. The summed E-state index contributed by atoms with van der Waals surface area (Å²) in [5, 5.41) is 30.1. The summed E-state index contributed by atoms with van der Waals surface area (Å²) in [6.07, 6.45) is -0.463. The fourth-order valence-electron chi connectivity index (χ4n) is 6.15. The van der Waals surface area contributed by atoms with Crippen LogP contribution in [0, 0.1) is 0 Å². The number of piperidine rings is 1. The van der Waals surface area contributed by atoms with Crippen LogP contribution in [0.25, 0.3) is 20.8 Å². The molecule has 0 saturated carbocycles. The lowest BCUT2D eigenvalue weighted by Gasteiger charge is -2.43. The lowest BCUT2D eigenvalue weighted by molar-refractivity contribution is -0.126. The smallest absolute Gasteiger partial charge is 0.389 e. The first-order chi connectivity index (χ1) is 19.3. The normalized spacial score (nSPS) is 28.9. The van der Waals surface area contributed by atoms with Crippen molar-refractivity contribution in [2.45, 2.75) is 92.0 Å². The molecule has 5 heterocycles. The SMILES string of the molecule is CC(C)(O)CN1[C@@H]2CC[C@H]1[C@H](F)[C@H](Nc1cccc3c(SC(F)(F)F)c(-c4noc([C@H]5C[C@H](O)C(=O)N5)n4)sc13)C2. The second-order valence-electron chi connectivity index (χ2n) is 11.5. The molecule has 3 fully saturated rings. The number of hydrogen-bond donors (Lipinski definition) is 4. The third-order valence-electron chi connectivity index (χ3n) is 7.79. The number of anilines is 1. The second kappa shape index (κ2) is 10.4. The molecule has 9 nitrogen and oxygen atoms in total. The number of amides is 1. The maximum Gasteiger partial charge on any atom is 0.446 e. The number of carbonyl (C=O) groups excluding carboxylic acids is 1. The Morgan fingerprint density at radius 1 is 1.27 bits per heavy atom. The molecule has 4 N–H and O–H groups in total. The number of nitrogens with zero attached hydrogens (tertiary/aromatic N) is 3. The number of rotatable bonds is 7. The summed E-state index contributed by atoms with van der Waals surface area (Å²) >= 11 is 0.765. The molecule has 15 heteroatoms. The molecular formula is C26H29F4N5O4S2. The molecule has 3 aliphatic rings. The summed E-state index contributed by atoms with van der Waals surface area (Å²) in [5.41, 5.74) is -5.04. The van der Waals surface area contributed by atoms with Crippen LogP contribution < -0.4 is 10.6 Å². The van der Waals surface area contributed by atoms with Gasteiger partial charge in [0.2, 0.25) is 17.6 Å². The number of aromatic nitrogens is 2. The van der Waals surface area contributed by atoms with E-state index in [0.717, 1.165) is 17.8 Å². The molecule has 3 saturated heterocycles. The largest absolute Gasteiger partial charge is 0.446 e. The highest BCUT2D eigenvalue weighted by molar-refractivity contribution is 8.00. The first kappa shape index (κ1) is 28.6. The van der Waals surface area contributed by atoms with Crippen LogP contribution in [0.15, 0.2) is 27.6 Å². The number of nitrogens with one attached hydrogen (secondary N) is 2. The zero-order valence-electron chi connectivity index (χ0n) is 22.1. The predicted molar refractivity (Wildman–Crippen MR) is 145 cm³/mol. The van der Waals surface area contributed by atoms with E-state index in [0.29, 0.717) is 35.2 Å². The number of carbonyl (C=O) groups is 1. The lowest BCUT2D eigenvalue weighted by Crippen LogP contribution is -2.57. The van der Waals surface area contributed by atoms with Gasteiger partial charge in [-0.05, 0) is 50.9 Å². The number of fused-ring (bicyclic) bond motifs is 3. The van der Waals surface area contributed by atoms with Crippen molar-refractivity contribution < 1.29 is 37.1 Å². The second-order valence-corrected chi connectivity index (χ2v) is 13.6. The van der Waals surface area contributed by atoms with Gasteiger partial charge in [0.1, 0.15) is 18.3 Å². The molecule has 41 heavy (non-hydrogen) atoms. The first-order valence-corrected chi connectivity index (χ1v) is 14.9. The zero-order chi connectivity index (χ0) is 29.3. The molecule has 3 aromatic rings. The maximum atomic E-state index is 15.8. The van der Waals surface area contributed by atoms with Gasteiger partial charge in [-0.15, -0.1) is 11.3 Å². The summed E-state index contributed by atoms with van der Waals surface area (Å²) in [4.78, 5) is 18.0. The Morgan fingerprint density at radius 2 is 2.05 bits per heavy atom. The van der Waals surface area contributed by atoms with Crippen LogP contribution in [0.4, 0.5) is 23.2 Å². The molecule has 0 radical (unpaired) electrons. The van der Waals surface area contributed by atoms with Crippen LogP contribution in [-0.2, 0) is 4.79 Å². The topological polar surface area (TPSA) is 124 Å². The van der Waals surface area contributed by atoms with Crippen LogP contribution in [0.1, 0.15) is 51.5 Å². The number of halogens is 4. The average Bonchev–Trinajstić information content (AvgIpc) is 3.62. The minimum Gasteiger partial charge on any atom is -0.389 e. The Labute approximate surface area is 240 Å². The van der Waals surface area contributed by atoms with Gasteiger partial charge in [-0.1, -0.05) is 17.3 Å². The van der Waals surface area contributed by atoms with Gasteiger partial charge in [-0.25, -0.2) is 4.39 Å². The highest BCUT2D eigenvalue weighted by atomic mass is 32.2. The minimum atomic E-state index is -4.60. The number of benzene rings is 1. The predicted octanol–water partition coefficient (Wildman–Crippen LogP) is 4.61. The van der Waals surface area contributed by atoms with Crippen molar-refractivity contribution >= 4 is 44.8 Å². The summed E-state index contributed by atoms with van der Waals surface area (Å²) in [7, 11) is 0. The summed E-state index contributed by atoms with van der Waals surface area (Å²) in [6, 6.07) is 3.38. The summed E-state index contributed by atoms with van der Waals surface area (Å²) in [5.74, 6) is -0.681. The number of alkyl halides is 4. The van der Waals surface area contributed by atoms with Gasteiger partial charge in [-0.2, -0.15) is 18.2 Å². The fourth-order valence-corrected chi connectivity index (χ4v) is 8.25. The van der Waals surface area contributed by atoms with Crippen LogP contribution in [-0.4, -0.2) is 79.2 Å². The van der Waals surface area contributed by atoms with Crippen LogP contribution in [0.2, 0.25) is 0 Å². The van der Waals surface area contributed by atoms with E-state index in [2.05, 4.69) is 20.8 Å². The fraction of sp³-hybridized carbons (Fsp3) is 0.577. The highest BCUT2D eigenvalue weighted by Gasteiger charge is 2.49. The molecule has 0 aliphatic carbocycles. The van der Waals surface area contributed by atoms with E-state index in [1.165, 1.54) is 0 Å². The molecule has 3 aliphatic heterocycles. The molecule has 6 rings (SSSR count). The molecule has 6 atom stereocenters. The van der Waals surface area contributed by atoms with Crippen molar-refractivity contribution in [2.75, 3.05) is 11.9 Å². The van der Waals surface area contributed by atoms with E-state index in [1.807, 2.05) is 4.90 Å². The third kappa shape index (κ3) is 5.66. The number of aliphatic hydroxyl groups excluding tert-OH is 1. The monoisotopic (exact) mass is 615 g/mol. The Balaban J connectivity index is 1.32. The minimum absolute atomic E-state index is 0.00606. The molecule has 1 amide bonds. The van der Waals surface area contributed by atoms with Gasteiger partial charge in [0.25, 0.3) is 0 Å². The average molecular weight is 616 g/mol. The van der Waals surface area contributed by atoms with E-state index in [-0.39, 0.29) is 51.8 Å². The van der Waals surface area contributed by atoms with Crippen molar-refractivity contribution in [1.29, 1.82) is 0 Å².